The van der Waals surface area contributed by atoms with Gasteiger partial charge in [0.2, 0.25) is 5.91 Å². The summed E-state index contributed by atoms with van der Waals surface area (Å²) in [5.41, 5.74) is 3.17. The van der Waals surface area contributed by atoms with Crippen molar-refractivity contribution in [2.75, 3.05) is 10.6 Å². The molecule has 0 saturated carbocycles. The van der Waals surface area contributed by atoms with E-state index in [0.717, 1.165) is 21.4 Å². The molecule has 3 amide bonds. The van der Waals surface area contributed by atoms with Crippen molar-refractivity contribution in [3.8, 4) is 0 Å². The number of hydrogen-bond donors (Lipinski definition) is 4. The molecular weight excluding hydrogens is 612 g/mol. The first-order chi connectivity index (χ1) is 22.9. The second kappa shape index (κ2) is 14.4. The summed E-state index contributed by atoms with van der Waals surface area (Å²) in [4.78, 5) is 44.1. The van der Waals surface area contributed by atoms with Crippen LogP contribution in [0, 0.1) is 5.82 Å². The first kappa shape index (κ1) is 31.1. The number of hydrogen-bond acceptors (Lipinski definition) is 4. The van der Waals surface area contributed by atoms with Crippen LogP contribution in [0.5, 0.6) is 0 Å². The highest BCUT2D eigenvalue weighted by molar-refractivity contribution is 8.00. The Morgan fingerprint density at radius 1 is 0.723 bits per heavy atom. The second-order valence-electron chi connectivity index (χ2n) is 10.6. The van der Waals surface area contributed by atoms with Gasteiger partial charge < -0.3 is 20.9 Å². The molecule has 0 saturated heterocycles. The highest BCUT2D eigenvalue weighted by atomic mass is 32.2. The lowest BCUT2D eigenvalue weighted by molar-refractivity contribution is -0.116. The normalized spacial score (nSPS) is 11.9. The smallest absolute Gasteiger partial charge is 0.272 e. The molecule has 0 radical (unpaired) electrons. The van der Waals surface area contributed by atoms with Crippen molar-refractivity contribution < 1.29 is 18.8 Å². The van der Waals surface area contributed by atoms with Gasteiger partial charge in [-0.25, -0.2) is 4.39 Å². The standard InChI is InChI=1S/C38H29FN4O3S/c39-32-17-8-7-14-28(32)22-34(43-36(44)27-12-5-2-6-13-27)37(45)41-29-15-9-16-31(23-29)47-35(26-10-3-1-4-11-26)38(46)42-30-19-18-25-20-21-40-33(25)24-30/h1-24,35,40H,(H,41,45)(H,42,46)(H,43,44)/b34-22-. The maximum atomic E-state index is 14.5. The Labute approximate surface area is 274 Å². The number of aromatic nitrogens is 1. The van der Waals surface area contributed by atoms with Gasteiger partial charge >= 0.3 is 0 Å². The van der Waals surface area contributed by atoms with Gasteiger partial charge in [0, 0.05) is 39.1 Å². The minimum Gasteiger partial charge on any atom is -0.361 e. The number of halogens is 1. The van der Waals surface area contributed by atoms with Crippen LogP contribution in [0.2, 0.25) is 0 Å². The Morgan fingerprint density at radius 2 is 1.45 bits per heavy atom. The molecule has 1 atom stereocenters. The minimum absolute atomic E-state index is 0.136. The summed E-state index contributed by atoms with van der Waals surface area (Å²) in [7, 11) is 0. The van der Waals surface area contributed by atoms with Gasteiger partial charge in [-0.2, -0.15) is 0 Å². The molecule has 0 fully saturated rings. The lowest BCUT2D eigenvalue weighted by Crippen LogP contribution is -2.30. The van der Waals surface area contributed by atoms with Crippen molar-refractivity contribution in [3.05, 3.63) is 168 Å². The van der Waals surface area contributed by atoms with Crippen molar-refractivity contribution >= 4 is 57.8 Å². The predicted molar refractivity (Wildman–Crippen MR) is 185 cm³/mol. The zero-order valence-corrected chi connectivity index (χ0v) is 25.8. The second-order valence-corrected chi connectivity index (χ2v) is 11.7. The van der Waals surface area contributed by atoms with Crippen LogP contribution in [0.3, 0.4) is 0 Å². The number of fused-ring (bicyclic) bond motifs is 1. The van der Waals surface area contributed by atoms with Gasteiger partial charge in [-0.1, -0.05) is 78.9 Å². The van der Waals surface area contributed by atoms with Crippen molar-refractivity contribution in [1.29, 1.82) is 0 Å². The fraction of sp³-hybridized carbons (Fsp3) is 0.0263. The summed E-state index contributed by atoms with van der Waals surface area (Å²) in [6.07, 6.45) is 3.14. The molecule has 7 nitrogen and oxygen atoms in total. The van der Waals surface area contributed by atoms with Gasteiger partial charge in [-0.3, -0.25) is 14.4 Å². The van der Waals surface area contributed by atoms with Crippen LogP contribution in [0.15, 0.2) is 150 Å². The maximum Gasteiger partial charge on any atom is 0.272 e. The number of amides is 3. The molecule has 0 aliphatic rings. The first-order valence-corrected chi connectivity index (χ1v) is 15.6. The van der Waals surface area contributed by atoms with Gasteiger partial charge in [-0.05, 0) is 71.6 Å². The summed E-state index contributed by atoms with van der Waals surface area (Å²) >= 11 is 1.33. The Hall–Kier alpha value is -5.93. The number of carbonyl (C=O) groups excluding carboxylic acids is 3. The zero-order valence-electron chi connectivity index (χ0n) is 24.9. The van der Waals surface area contributed by atoms with E-state index in [1.807, 2.05) is 66.9 Å². The Kier molecular flexibility index (Phi) is 9.55. The number of anilines is 2. The van der Waals surface area contributed by atoms with Crippen LogP contribution in [-0.2, 0) is 9.59 Å². The molecule has 6 rings (SSSR count). The van der Waals surface area contributed by atoms with Gasteiger partial charge in [0.15, 0.2) is 0 Å². The zero-order chi connectivity index (χ0) is 32.6. The molecule has 0 aliphatic heterocycles. The molecule has 4 N–H and O–H groups in total. The molecule has 232 valence electrons. The van der Waals surface area contributed by atoms with Crippen LogP contribution in [0.25, 0.3) is 17.0 Å². The van der Waals surface area contributed by atoms with Crippen LogP contribution in [-0.4, -0.2) is 22.7 Å². The number of H-pyrrole nitrogens is 1. The number of carbonyl (C=O) groups is 3. The summed E-state index contributed by atoms with van der Waals surface area (Å²) in [6.45, 7) is 0. The third-order valence-corrected chi connectivity index (χ3v) is 8.49. The average Bonchev–Trinajstić information content (AvgIpc) is 3.57. The van der Waals surface area contributed by atoms with E-state index in [1.54, 1.807) is 60.7 Å². The predicted octanol–water partition coefficient (Wildman–Crippen LogP) is 8.19. The van der Waals surface area contributed by atoms with Crippen LogP contribution >= 0.6 is 11.8 Å². The van der Waals surface area contributed by atoms with Crippen LogP contribution < -0.4 is 16.0 Å². The molecule has 0 aliphatic carbocycles. The molecule has 0 bridgehead atoms. The Bertz CT molecular complexity index is 2080. The number of nitrogens with one attached hydrogen (secondary N) is 4. The van der Waals surface area contributed by atoms with Gasteiger partial charge in [-0.15, -0.1) is 11.8 Å². The van der Waals surface area contributed by atoms with E-state index in [-0.39, 0.29) is 17.2 Å². The fourth-order valence-electron chi connectivity index (χ4n) is 4.91. The Balaban J connectivity index is 1.23. The number of aromatic amines is 1. The monoisotopic (exact) mass is 640 g/mol. The van der Waals surface area contributed by atoms with Crippen LogP contribution in [0.4, 0.5) is 15.8 Å². The minimum atomic E-state index is -0.642. The molecule has 1 heterocycles. The molecule has 1 aromatic heterocycles. The largest absolute Gasteiger partial charge is 0.361 e. The van der Waals surface area contributed by atoms with E-state index in [2.05, 4.69) is 20.9 Å². The van der Waals surface area contributed by atoms with Crippen molar-refractivity contribution in [1.82, 2.24) is 10.3 Å². The Morgan fingerprint density at radius 3 is 2.23 bits per heavy atom. The quantitative estimate of drug-likeness (QED) is 0.0896. The summed E-state index contributed by atoms with van der Waals surface area (Å²) in [6, 6.07) is 38.6. The van der Waals surface area contributed by atoms with Crippen LogP contribution in [0.1, 0.15) is 26.7 Å². The number of rotatable bonds is 10. The van der Waals surface area contributed by atoms with E-state index >= 15 is 0 Å². The van der Waals surface area contributed by atoms with E-state index in [9.17, 15) is 18.8 Å². The maximum absolute atomic E-state index is 14.5. The highest BCUT2D eigenvalue weighted by Crippen LogP contribution is 2.37. The topological polar surface area (TPSA) is 103 Å². The third kappa shape index (κ3) is 7.84. The summed E-state index contributed by atoms with van der Waals surface area (Å²) in [5.74, 6) is -1.90. The van der Waals surface area contributed by atoms with Gasteiger partial charge in [0.25, 0.3) is 11.8 Å². The van der Waals surface area contributed by atoms with Crippen molar-refractivity contribution in [3.63, 3.8) is 0 Å². The van der Waals surface area contributed by atoms with E-state index in [1.165, 1.54) is 30.0 Å². The molecule has 0 spiro atoms. The lowest BCUT2D eigenvalue weighted by Gasteiger charge is -2.18. The SMILES string of the molecule is O=C(Nc1cccc(SC(C(=O)Nc2ccc3cc[nH]c3c2)c2ccccc2)c1)/C(=C/c1ccccc1F)NC(=O)c1ccccc1. The summed E-state index contributed by atoms with van der Waals surface area (Å²) in [5, 5.41) is 8.91. The molecule has 9 heteroatoms. The molecule has 5 aromatic carbocycles. The van der Waals surface area contributed by atoms with E-state index in [4.69, 9.17) is 0 Å². The van der Waals surface area contributed by atoms with E-state index in [0.29, 0.717) is 16.9 Å². The lowest BCUT2D eigenvalue weighted by atomic mass is 10.1. The fourth-order valence-corrected chi connectivity index (χ4v) is 5.99. The number of benzene rings is 5. The number of thioether (sulfide) groups is 1. The van der Waals surface area contributed by atoms with E-state index < -0.39 is 22.9 Å². The summed E-state index contributed by atoms with van der Waals surface area (Å²) < 4.78 is 14.5. The first-order valence-electron chi connectivity index (χ1n) is 14.8. The van der Waals surface area contributed by atoms with Gasteiger partial charge in [0.1, 0.15) is 16.8 Å². The van der Waals surface area contributed by atoms with Gasteiger partial charge in [0.05, 0.1) is 0 Å². The molecule has 6 aromatic rings. The molecule has 1 unspecified atom stereocenters. The molecule has 47 heavy (non-hydrogen) atoms. The highest BCUT2D eigenvalue weighted by Gasteiger charge is 2.23. The third-order valence-electron chi connectivity index (χ3n) is 7.24. The average molecular weight is 641 g/mol. The van der Waals surface area contributed by atoms with Crippen molar-refractivity contribution in [2.45, 2.75) is 10.1 Å². The molecular formula is C38H29FN4O3S. The van der Waals surface area contributed by atoms with Crippen molar-refractivity contribution in [2.24, 2.45) is 0 Å².